The second-order valence-electron chi connectivity index (χ2n) is 6.44. The van der Waals surface area contributed by atoms with Crippen molar-refractivity contribution in [1.29, 1.82) is 0 Å². The van der Waals surface area contributed by atoms with Gasteiger partial charge >= 0.3 is 6.18 Å². The van der Waals surface area contributed by atoms with Crippen molar-refractivity contribution >= 4 is 11.4 Å². The first-order valence-corrected chi connectivity index (χ1v) is 8.88. The van der Waals surface area contributed by atoms with Gasteiger partial charge in [-0.15, -0.1) is 0 Å². The van der Waals surface area contributed by atoms with E-state index < -0.39 is 11.7 Å². The molecular formula is C18H22F3N5O2. The van der Waals surface area contributed by atoms with Crippen LogP contribution in [0.1, 0.15) is 5.56 Å². The average molecular weight is 397 g/mol. The minimum Gasteiger partial charge on any atom is -0.496 e. The fraction of sp³-hybridized carbons (Fsp3) is 0.444. The van der Waals surface area contributed by atoms with Gasteiger partial charge in [-0.2, -0.15) is 18.3 Å². The van der Waals surface area contributed by atoms with Crippen molar-refractivity contribution in [1.82, 2.24) is 15.1 Å². The molecule has 2 aromatic rings. The lowest BCUT2D eigenvalue weighted by atomic mass is 10.1. The number of H-pyrrole nitrogens is 1. The van der Waals surface area contributed by atoms with Crippen LogP contribution in [0.3, 0.4) is 0 Å². The van der Waals surface area contributed by atoms with E-state index in [1.807, 2.05) is 0 Å². The van der Waals surface area contributed by atoms with Gasteiger partial charge in [-0.1, -0.05) is 6.07 Å². The SMILES string of the molecule is COc1cccc(N2CCN(CCNc3cn[nH]c(=O)c3)CC2)c1C(F)(F)F. The minimum absolute atomic E-state index is 0.152. The molecule has 10 heteroatoms. The number of aromatic amines is 1. The highest BCUT2D eigenvalue weighted by Gasteiger charge is 2.38. The van der Waals surface area contributed by atoms with Crippen LogP contribution in [-0.2, 0) is 6.18 Å². The Labute approximate surface area is 160 Å². The van der Waals surface area contributed by atoms with Gasteiger partial charge in [0.2, 0.25) is 0 Å². The van der Waals surface area contributed by atoms with E-state index >= 15 is 0 Å². The fourth-order valence-corrected chi connectivity index (χ4v) is 3.28. The van der Waals surface area contributed by atoms with Crippen LogP contribution in [-0.4, -0.2) is 61.5 Å². The quantitative estimate of drug-likeness (QED) is 0.777. The molecule has 1 fully saturated rings. The molecule has 28 heavy (non-hydrogen) atoms. The Hall–Kier alpha value is -2.75. The molecular weight excluding hydrogens is 375 g/mol. The van der Waals surface area contributed by atoms with Gasteiger partial charge in [-0.3, -0.25) is 9.69 Å². The second kappa shape index (κ2) is 8.51. The lowest BCUT2D eigenvalue weighted by molar-refractivity contribution is -0.138. The summed E-state index contributed by atoms with van der Waals surface area (Å²) in [6, 6.07) is 5.82. The molecule has 1 aromatic heterocycles. The molecule has 1 saturated heterocycles. The van der Waals surface area contributed by atoms with Crippen LogP contribution >= 0.6 is 0 Å². The Balaban J connectivity index is 1.58. The first-order valence-electron chi connectivity index (χ1n) is 8.88. The topological polar surface area (TPSA) is 73.5 Å². The number of methoxy groups -OCH3 is 1. The number of alkyl halides is 3. The van der Waals surface area contributed by atoms with Gasteiger partial charge in [-0.05, 0) is 12.1 Å². The van der Waals surface area contributed by atoms with Gasteiger partial charge in [0.1, 0.15) is 11.3 Å². The molecule has 0 saturated carbocycles. The summed E-state index contributed by atoms with van der Waals surface area (Å²) < 4.78 is 45.5. The Kier molecular flexibility index (Phi) is 6.08. The molecule has 0 aliphatic carbocycles. The van der Waals surface area contributed by atoms with Crippen molar-refractivity contribution in [2.24, 2.45) is 0 Å². The van der Waals surface area contributed by atoms with Crippen LogP contribution in [0.15, 0.2) is 35.3 Å². The van der Waals surface area contributed by atoms with E-state index in [-0.39, 0.29) is 17.0 Å². The van der Waals surface area contributed by atoms with Crippen LogP contribution < -0.4 is 20.5 Å². The average Bonchev–Trinajstić information content (AvgIpc) is 2.67. The van der Waals surface area contributed by atoms with Crippen molar-refractivity contribution in [3.8, 4) is 5.75 Å². The first kappa shape index (κ1) is 20.0. The summed E-state index contributed by atoms with van der Waals surface area (Å²) in [4.78, 5) is 15.1. The van der Waals surface area contributed by atoms with Gasteiger partial charge in [0.15, 0.2) is 0 Å². The van der Waals surface area contributed by atoms with Gasteiger partial charge in [-0.25, -0.2) is 5.10 Å². The monoisotopic (exact) mass is 397 g/mol. The van der Waals surface area contributed by atoms with E-state index in [1.165, 1.54) is 31.5 Å². The van der Waals surface area contributed by atoms with E-state index in [9.17, 15) is 18.0 Å². The molecule has 2 N–H and O–H groups in total. The van der Waals surface area contributed by atoms with E-state index in [2.05, 4.69) is 20.4 Å². The summed E-state index contributed by atoms with van der Waals surface area (Å²) >= 11 is 0. The molecule has 3 rings (SSSR count). The number of aromatic nitrogens is 2. The zero-order valence-corrected chi connectivity index (χ0v) is 15.4. The largest absolute Gasteiger partial charge is 0.496 e. The number of halogens is 3. The van der Waals surface area contributed by atoms with E-state index in [0.29, 0.717) is 45.0 Å². The summed E-state index contributed by atoms with van der Waals surface area (Å²) in [5.41, 5.74) is -0.223. The normalized spacial score (nSPS) is 15.5. The maximum absolute atomic E-state index is 13.5. The van der Waals surface area contributed by atoms with Crippen molar-refractivity contribution in [2.75, 3.05) is 56.6 Å². The number of rotatable bonds is 6. The molecule has 1 aliphatic heterocycles. The molecule has 0 bridgehead atoms. The molecule has 7 nitrogen and oxygen atoms in total. The minimum atomic E-state index is -4.48. The van der Waals surface area contributed by atoms with Crippen LogP contribution in [0.25, 0.3) is 0 Å². The third-order valence-electron chi connectivity index (χ3n) is 4.64. The van der Waals surface area contributed by atoms with Gasteiger partial charge in [0, 0.05) is 45.3 Å². The number of anilines is 2. The van der Waals surface area contributed by atoms with Crippen molar-refractivity contribution < 1.29 is 17.9 Å². The maximum atomic E-state index is 13.5. The summed E-state index contributed by atoms with van der Waals surface area (Å²) in [5, 5.41) is 9.13. The Bertz CT molecular complexity index is 848. The van der Waals surface area contributed by atoms with E-state index in [0.717, 1.165) is 0 Å². The molecule has 0 unspecified atom stereocenters. The standard InChI is InChI=1S/C18H22F3N5O2/c1-28-15-4-2-3-14(17(15)18(19,20)21)26-9-7-25(8-10-26)6-5-22-13-11-16(27)24-23-12-13/h2-4,11-12H,5-10H2,1H3,(H2,22,24,27). The predicted molar refractivity (Wildman–Crippen MR) is 100.0 cm³/mol. The highest BCUT2D eigenvalue weighted by molar-refractivity contribution is 5.61. The lowest BCUT2D eigenvalue weighted by Gasteiger charge is -2.37. The summed E-state index contributed by atoms with van der Waals surface area (Å²) in [6.45, 7) is 3.59. The van der Waals surface area contributed by atoms with Crippen molar-refractivity contribution in [3.63, 3.8) is 0 Å². The smallest absolute Gasteiger partial charge is 0.421 e. The molecule has 152 valence electrons. The summed E-state index contributed by atoms with van der Waals surface area (Å²) in [7, 11) is 1.25. The number of hydrogen-bond acceptors (Lipinski definition) is 6. The van der Waals surface area contributed by atoms with Crippen molar-refractivity contribution in [3.05, 3.63) is 46.4 Å². The zero-order chi connectivity index (χ0) is 20.1. The van der Waals surface area contributed by atoms with Crippen LogP contribution in [0.2, 0.25) is 0 Å². The zero-order valence-electron chi connectivity index (χ0n) is 15.4. The molecule has 1 aromatic carbocycles. The maximum Gasteiger partial charge on any atom is 0.421 e. The highest BCUT2D eigenvalue weighted by Crippen LogP contribution is 2.42. The van der Waals surface area contributed by atoms with Crippen LogP contribution in [0.4, 0.5) is 24.5 Å². The van der Waals surface area contributed by atoms with Crippen LogP contribution in [0, 0.1) is 0 Å². The molecule has 0 atom stereocenters. The van der Waals surface area contributed by atoms with E-state index in [4.69, 9.17) is 4.74 Å². The fourth-order valence-electron chi connectivity index (χ4n) is 3.28. The van der Waals surface area contributed by atoms with Crippen LogP contribution in [0.5, 0.6) is 5.75 Å². The lowest BCUT2D eigenvalue weighted by Crippen LogP contribution is -2.48. The van der Waals surface area contributed by atoms with Gasteiger partial charge in [0.25, 0.3) is 5.56 Å². The highest BCUT2D eigenvalue weighted by atomic mass is 19.4. The van der Waals surface area contributed by atoms with Gasteiger partial charge in [0.05, 0.1) is 24.7 Å². The Morgan fingerprint density at radius 3 is 2.64 bits per heavy atom. The van der Waals surface area contributed by atoms with Crippen molar-refractivity contribution in [2.45, 2.75) is 6.18 Å². The summed E-state index contributed by atoms with van der Waals surface area (Å²) in [5.74, 6) is -0.164. The number of piperazine rings is 1. The molecule has 0 spiro atoms. The summed E-state index contributed by atoms with van der Waals surface area (Å²) in [6.07, 6.45) is -2.95. The number of hydrogen-bond donors (Lipinski definition) is 2. The third kappa shape index (κ3) is 4.75. The third-order valence-corrected chi connectivity index (χ3v) is 4.64. The Morgan fingerprint density at radius 2 is 2.00 bits per heavy atom. The molecule has 1 aliphatic rings. The second-order valence-corrected chi connectivity index (χ2v) is 6.44. The predicted octanol–water partition coefficient (Wildman–Crippen LogP) is 2.03. The number of nitrogens with zero attached hydrogens (tertiary/aromatic N) is 3. The molecule has 0 radical (unpaired) electrons. The first-order chi connectivity index (χ1) is 13.4. The van der Waals surface area contributed by atoms with Gasteiger partial charge < -0.3 is 15.0 Å². The van der Waals surface area contributed by atoms with E-state index in [1.54, 1.807) is 11.0 Å². The molecule has 0 amide bonds. The molecule has 2 heterocycles. The number of ether oxygens (including phenoxy) is 1. The Morgan fingerprint density at radius 1 is 1.25 bits per heavy atom. The number of benzene rings is 1. The number of nitrogens with one attached hydrogen (secondary N) is 2.